The number of amides is 1. The number of aryl methyl sites for hydroxylation is 1. The molecule has 1 aromatic carbocycles. The topological polar surface area (TPSA) is 84.3 Å². The Bertz CT molecular complexity index is 1210. The van der Waals surface area contributed by atoms with Crippen LogP contribution >= 0.6 is 23.2 Å². The quantitative estimate of drug-likeness (QED) is 0.657. The number of aromatic nitrogens is 2. The number of nitrogens with one attached hydrogen (secondary N) is 1. The van der Waals surface area contributed by atoms with E-state index in [9.17, 15) is 13.2 Å². The van der Waals surface area contributed by atoms with Crippen LogP contribution in [0.3, 0.4) is 0 Å². The Morgan fingerprint density at radius 1 is 1.14 bits per heavy atom. The van der Waals surface area contributed by atoms with Gasteiger partial charge in [-0.2, -0.15) is 0 Å². The summed E-state index contributed by atoms with van der Waals surface area (Å²) >= 11 is 12.1. The molecule has 1 fully saturated rings. The number of hydrogen-bond acceptors (Lipinski definition) is 5. The number of carbonyl (C=O) groups excluding carboxylic acids is 1. The first kappa shape index (κ1) is 20.0. The minimum atomic E-state index is -3.06. The third-order valence-corrected chi connectivity index (χ3v) is 7.30. The van der Waals surface area contributed by atoms with E-state index in [1.807, 2.05) is 23.9 Å². The summed E-state index contributed by atoms with van der Waals surface area (Å²) in [6.07, 6.45) is 3.37. The van der Waals surface area contributed by atoms with E-state index in [0.717, 1.165) is 16.6 Å². The fourth-order valence-electron chi connectivity index (χ4n) is 3.37. The average molecular weight is 453 g/mol. The van der Waals surface area contributed by atoms with Crippen LogP contribution in [0.25, 0.3) is 10.9 Å². The Morgan fingerprint density at radius 2 is 1.86 bits per heavy atom. The molecule has 2 aromatic heterocycles. The third kappa shape index (κ3) is 3.92. The van der Waals surface area contributed by atoms with E-state index in [1.54, 1.807) is 23.1 Å². The van der Waals surface area contributed by atoms with Gasteiger partial charge in [-0.05, 0) is 24.3 Å². The number of rotatable bonds is 3. The molecule has 3 aromatic rings. The maximum absolute atomic E-state index is 13.1. The molecular formula is C19H18Cl2N4O3S. The first-order valence-corrected chi connectivity index (χ1v) is 11.5. The van der Waals surface area contributed by atoms with Crippen LogP contribution in [-0.4, -0.2) is 53.4 Å². The molecule has 152 valence electrons. The van der Waals surface area contributed by atoms with Crippen molar-refractivity contribution in [2.45, 2.75) is 0 Å². The van der Waals surface area contributed by atoms with Gasteiger partial charge in [0.2, 0.25) is 0 Å². The number of nitrogens with zero attached hydrogens (tertiary/aromatic N) is 3. The van der Waals surface area contributed by atoms with Crippen molar-refractivity contribution in [3.05, 3.63) is 52.3 Å². The molecule has 29 heavy (non-hydrogen) atoms. The molecule has 0 bridgehead atoms. The van der Waals surface area contributed by atoms with E-state index >= 15 is 0 Å². The molecule has 0 saturated carbocycles. The summed E-state index contributed by atoms with van der Waals surface area (Å²) in [6.45, 7) is 0.382. The minimum absolute atomic E-state index is 0.0145. The summed E-state index contributed by atoms with van der Waals surface area (Å²) in [6, 6.07) is 7.06. The normalized spacial score (nSPS) is 16.2. The van der Waals surface area contributed by atoms with Gasteiger partial charge < -0.3 is 14.8 Å². The van der Waals surface area contributed by atoms with E-state index in [4.69, 9.17) is 23.2 Å². The van der Waals surface area contributed by atoms with Crippen LogP contribution in [-0.2, 0) is 16.9 Å². The summed E-state index contributed by atoms with van der Waals surface area (Å²) in [5.41, 5.74) is 1.88. The van der Waals surface area contributed by atoms with Crippen molar-refractivity contribution in [2.75, 3.05) is 29.9 Å². The van der Waals surface area contributed by atoms with E-state index in [0.29, 0.717) is 21.4 Å². The van der Waals surface area contributed by atoms with E-state index in [2.05, 4.69) is 10.3 Å². The molecule has 10 heteroatoms. The first-order chi connectivity index (χ1) is 13.7. The van der Waals surface area contributed by atoms with Crippen LogP contribution in [0.2, 0.25) is 10.0 Å². The molecule has 0 spiro atoms. The molecule has 1 N–H and O–H groups in total. The lowest BCUT2D eigenvalue weighted by atomic mass is 10.1. The van der Waals surface area contributed by atoms with Crippen molar-refractivity contribution in [1.82, 2.24) is 14.5 Å². The smallest absolute Gasteiger partial charge is 0.257 e. The van der Waals surface area contributed by atoms with Gasteiger partial charge in [-0.3, -0.25) is 4.79 Å². The average Bonchev–Trinajstić information content (AvgIpc) is 3.07. The molecule has 1 saturated heterocycles. The third-order valence-electron chi connectivity index (χ3n) is 4.95. The summed E-state index contributed by atoms with van der Waals surface area (Å²) in [7, 11) is -1.21. The van der Waals surface area contributed by atoms with E-state index < -0.39 is 9.84 Å². The van der Waals surface area contributed by atoms with Gasteiger partial charge in [0.15, 0.2) is 9.84 Å². The van der Waals surface area contributed by atoms with Gasteiger partial charge in [-0.15, -0.1) is 0 Å². The Balaban J connectivity index is 1.69. The standard InChI is InChI=1S/C19H18Cl2N4O3S/c1-24-5-4-13-17(24)14(19(26)25-6-8-29(27,28)9-7-25)11-22-18(13)23-12-2-3-15(20)16(21)10-12/h2-5,10-11H,6-9H2,1H3,(H,22,23). The van der Waals surface area contributed by atoms with Crippen molar-refractivity contribution < 1.29 is 13.2 Å². The van der Waals surface area contributed by atoms with Crippen LogP contribution in [0.4, 0.5) is 11.5 Å². The highest BCUT2D eigenvalue weighted by Gasteiger charge is 2.28. The molecule has 1 aliphatic rings. The van der Waals surface area contributed by atoms with Crippen molar-refractivity contribution >= 4 is 61.4 Å². The molecule has 1 aliphatic heterocycles. The Labute approximate surface area is 178 Å². The molecule has 0 radical (unpaired) electrons. The maximum Gasteiger partial charge on any atom is 0.257 e. The van der Waals surface area contributed by atoms with Gasteiger partial charge in [0.25, 0.3) is 5.91 Å². The molecule has 3 heterocycles. The van der Waals surface area contributed by atoms with Crippen LogP contribution in [0.15, 0.2) is 36.7 Å². The molecule has 0 aliphatic carbocycles. The molecule has 0 unspecified atom stereocenters. The number of sulfone groups is 1. The van der Waals surface area contributed by atoms with Gasteiger partial charge in [0.1, 0.15) is 5.82 Å². The van der Waals surface area contributed by atoms with Gasteiger partial charge in [0, 0.05) is 43.6 Å². The highest BCUT2D eigenvalue weighted by Crippen LogP contribution is 2.31. The lowest BCUT2D eigenvalue weighted by Gasteiger charge is -2.27. The van der Waals surface area contributed by atoms with E-state index in [1.165, 1.54) is 6.20 Å². The number of fused-ring (bicyclic) bond motifs is 1. The van der Waals surface area contributed by atoms with Crippen LogP contribution in [0.5, 0.6) is 0 Å². The van der Waals surface area contributed by atoms with Crippen molar-refractivity contribution in [3.63, 3.8) is 0 Å². The Morgan fingerprint density at radius 3 is 2.55 bits per heavy atom. The van der Waals surface area contributed by atoms with Crippen LogP contribution < -0.4 is 5.32 Å². The van der Waals surface area contributed by atoms with Crippen LogP contribution in [0, 0.1) is 0 Å². The van der Waals surface area contributed by atoms with Crippen molar-refractivity contribution in [3.8, 4) is 0 Å². The lowest BCUT2D eigenvalue weighted by Crippen LogP contribution is -2.43. The second-order valence-corrected chi connectivity index (χ2v) is 10.0. The van der Waals surface area contributed by atoms with Crippen molar-refractivity contribution in [2.24, 2.45) is 7.05 Å². The van der Waals surface area contributed by atoms with Gasteiger partial charge >= 0.3 is 0 Å². The van der Waals surface area contributed by atoms with Crippen molar-refractivity contribution in [1.29, 1.82) is 0 Å². The predicted molar refractivity (Wildman–Crippen MR) is 115 cm³/mol. The monoisotopic (exact) mass is 452 g/mol. The first-order valence-electron chi connectivity index (χ1n) is 8.91. The Kier molecular flexibility index (Phi) is 5.18. The molecule has 0 atom stereocenters. The molecule has 7 nitrogen and oxygen atoms in total. The summed E-state index contributed by atoms with van der Waals surface area (Å²) in [4.78, 5) is 19.1. The van der Waals surface area contributed by atoms with Gasteiger partial charge in [-0.25, -0.2) is 13.4 Å². The highest BCUT2D eigenvalue weighted by atomic mass is 35.5. The van der Waals surface area contributed by atoms with Gasteiger partial charge in [-0.1, -0.05) is 23.2 Å². The van der Waals surface area contributed by atoms with E-state index in [-0.39, 0.29) is 30.5 Å². The van der Waals surface area contributed by atoms with Crippen LogP contribution in [0.1, 0.15) is 10.4 Å². The second-order valence-electron chi connectivity index (χ2n) is 6.91. The number of benzene rings is 1. The predicted octanol–water partition coefficient (Wildman–Crippen LogP) is 3.49. The second kappa shape index (κ2) is 7.51. The number of pyridine rings is 1. The summed E-state index contributed by atoms with van der Waals surface area (Å²) in [5.74, 6) is 0.329. The Hall–Kier alpha value is -2.29. The molecule has 1 amide bonds. The maximum atomic E-state index is 13.1. The number of anilines is 2. The lowest BCUT2D eigenvalue weighted by molar-refractivity contribution is 0.0771. The molecule has 4 rings (SSSR count). The number of carbonyl (C=O) groups is 1. The summed E-state index contributed by atoms with van der Waals surface area (Å²) in [5, 5.41) is 4.87. The minimum Gasteiger partial charge on any atom is -0.350 e. The number of hydrogen-bond donors (Lipinski definition) is 1. The van der Waals surface area contributed by atoms with Gasteiger partial charge in [0.05, 0.1) is 32.6 Å². The highest BCUT2D eigenvalue weighted by molar-refractivity contribution is 7.91. The number of halogens is 2. The SMILES string of the molecule is Cn1ccc2c(Nc3ccc(Cl)c(Cl)c3)ncc(C(=O)N3CCS(=O)(=O)CC3)c21. The largest absolute Gasteiger partial charge is 0.350 e. The zero-order valence-electron chi connectivity index (χ0n) is 15.5. The zero-order valence-corrected chi connectivity index (χ0v) is 17.9. The zero-order chi connectivity index (χ0) is 20.8. The fourth-order valence-corrected chi connectivity index (χ4v) is 4.87. The summed E-state index contributed by atoms with van der Waals surface area (Å²) < 4.78 is 25.2. The molecular weight excluding hydrogens is 435 g/mol. The fraction of sp³-hybridized carbons (Fsp3) is 0.263.